The van der Waals surface area contributed by atoms with Crippen LogP contribution in [0.2, 0.25) is 0 Å². The zero-order chi connectivity index (χ0) is 18.2. The number of rotatable bonds is 4. The van der Waals surface area contributed by atoms with Gasteiger partial charge in [0, 0.05) is 45.1 Å². The molecule has 2 aromatic rings. The average Bonchev–Trinajstić information content (AvgIpc) is 3.13. The number of amides is 1. The number of aryl methyl sites for hydroxylation is 3. The van der Waals surface area contributed by atoms with Gasteiger partial charge in [0.25, 0.3) is 0 Å². The van der Waals surface area contributed by atoms with E-state index in [0.717, 1.165) is 11.4 Å². The van der Waals surface area contributed by atoms with E-state index in [0.29, 0.717) is 13.1 Å². The van der Waals surface area contributed by atoms with Crippen molar-refractivity contribution in [1.29, 1.82) is 0 Å². The summed E-state index contributed by atoms with van der Waals surface area (Å²) in [4.78, 5) is 14.3. The lowest BCUT2D eigenvalue weighted by Gasteiger charge is -2.33. The standard InChI is InChI=1S/C15H22N6O3S/c1-12-8-13(2)21(17-12)11-15(22)19-4-6-20(7-5-19)25(23,24)14-9-16-18(3)10-14/h8-10H,4-7,11H2,1-3H3. The third-order valence-electron chi connectivity index (χ3n) is 4.30. The van der Waals surface area contributed by atoms with Crippen molar-refractivity contribution in [3.8, 4) is 0 Å². The van der Waals surface area contributed by atoms with Crippen molar-refractivity contribution in [2.24, 2.45) is 7.05 Å². The number of piperazine rings is 1. The largest absolute Gasteiger partial charge is 0.338 e. The molecule has 0 bridgehead atoms. The molecule has 0 radical (unpaired) electrons. The van der Waals surface area contributed by atoms with E-state index in [1.165, 1.54) is 21.4 Å². The summed E-state index contributed by atoms with van der Waals surface area (Å²) in [6.45, 7) is 5.27. The molecule has 1 aliphatic rings. The molecule has 3 rings (SSSR count). The number of sulfonamides is 1. The molecule has 0 atom stereocenters. The van der Waals surface area contributed by atoms with Gasteiger partial charge in [-0.15, -0.1) is 0 Å². The summed E-state index contributed by atoms with van der Waals surface area (Å²) in [7, 11) is -1.88. The monoisotopic (exact) mass is 366 g/mol. The maximum absolute atomic E-state index is 12.6. The molecular formula is C15H22N6O3S. The van der Waals surface area contributed by atoms with Gasteiger partial charge >= 0.3 is 0 Å². The number of nitrogens with zero attached hydrogens (tertiary/aromatic N) is 6. The van der Waals surface area contributed by atoms with Crippen molar-refractivity contribution in [2.45, 2.75) is 25.3 Å². The highest BCUT2D eigenvalue weighted by Crippen LogP contribution is 2.17. The van der Waals surface area contributed by atoms with Crippen LogP contribution < -0.4 is 0 Å². The topological polar surface area (TPSA) is 93.3 Å². The molecular weight excluding hydrogens is 344 g/mol. The van der Waals surface area contributed by atoms with E-state index in [1.54, 1.807) is 16.6 Å². The number of hydrogen-bond donors (Lipinski definition) is 0. The van der Waals surface area contributed by atoms with Gasteiger partial charge in [0.2, 0.25) is 15.9 Å². The molecule has 136 valence electrons. The molecule has 1 saturated heterocycles. The first-order valence-corrected chi connectivity index (χ1v) is 9.49. The van der Waals surface area contributed by atoms with Crippen LogP contribution in [-0.4, -0.2) is 69.3 Å². The summed E-state index contributed by atoms with van der Waals surface area (Å²) in [5, 5.41) is 8.21. The summed E-state index contributed by atoms with van der Waals surface area (Å²) >= 11 is 0. The quantitative estimate of drug-likeness (QED) is 0.745. The third kappa shape index (κ3) is 3.59. The Morgan fingerprint density at radius 1 is 1.20 bits per heavy atom. The van der Waals surface area contributed by atoms with E-state index in [4.69, 9.17) is 0 Å². The highest BCUT2D eigenvalue weighted by Gasteiger charge is 2.31. The highest BCUT2D eigenvalue weighted by molar-refractivity contribution is 7.89. The molecule has 1 fully saturated rings. The normalized spacial score (nSPS) is 16.4. The molecule has 1 aliphatic heterocycles. The minimum absolute atomic E-state index is 0.0513. The van der Waals surface area contributed by atoms with E-state index in [-0.39, 0.29) is 30.4 Å². The van der Waals surface area contributed by atoms with Gasteiger partial charge in [-0.05, 0) is 19.9 Å². The second-order valence-corrected chi connectivity index (χ2v) is 8.16. The van der Waals surface area contributed by atoms with Crippen molar-refractivity contribution in [1.82, 2.24) is 28.8 Å². The zero-order valence-corrected chi connectivity index (χ0v) is 15.4. The molecule has 0 unspecified atom stereocenters. The Morgan fingerprint density at radius 2 is 1.88 bits per heavy atom. The highest BCUT2D eigenvalue weighted by atomic mass is 32.2. The molecule has 0 spiro atoms. The van der Waals surface area contributed by atoms with Crippen LogP contribution in [0.15, 0.2) is 23.4 Å². The summed E-state index contributed by atoms with van der Waals surface area (Å²) in [5.74, 6) is -0.0513. The van der Waals surface area contributed by atoms with Crippen LogP contribution in [-0.2, 0) is 28.4 Å². The number of aromatic nitrogens is 4. The maximum Gasteiger partial charge on any atom is 0.246 e. The molecule has 9 nitrogen and oxygen atoms in total. The Labute approximate surface area is 146 Å². The third-order valence-corrected chi connectivity index (χ3v) is 6.15. The van der Waals surface area contributed by atoms with Crippen LogP contribution in [0, 0.1) is 13.8 Å². The predicted octanol–water partition coefficient (Wildman–Crippen LogP) is -0.233. The molecule has 0 N–H and O–H groups in total. The lowest BCUT2D eigenvalue weighted by Crippen LogP contribution is -2.51. The van der Waals surface area contributed by atoms with Crippen molar-refractivity contribution < 1.29 is 13.2 Å². The minimum Gasteiger partial charge on any atom is -0.338 e. The fourth-order valence-corrected chi connectivity index (χ4v) is 4.33. The molecule has 0 aromatic carbocycles. The van der Waals surface area contributed by atoms with Gasteiger partial charge in [-0.25, -0.2) is 8.42 Å². The van der Waals surface area contributed by atoms with Crippen molar-refractivity contribution >= 4 is 15.9 Å². The molecule has 25 heavy (non-hydrogen) atoms. The molecule has 0 aliphatic carbocycles. The Bertz CT molecular complexity index is 877. The van der Waals surface area contributed by atoms with Gasteiger partial charge < -0.3 is 4.90 Å². The van der Waals surface area contributed by atoms with Crippen molar-refractivity contribution in [3.05, 3.63) is 29.8 Å². The summed E-state index contributed by atoms with van der Waals surface area (Å²) < 4.78 is 29.7. The van der Waals surface area contributed by atoms with Crippen molar-refractivity contribution in [2.75, 3.05) is 26.2 Å². The lowest BCUT2D eigenvalue weighted by atomic mass is 10.3. The summed E-state index contributed by atoms with van der Waals surface area (Å²) in [5.41, 5.74) is 1.81. The second-order valence-electron chi connectivity index (χ2n) is 6.22. The molecule has 1 amide bonds. The van der Waals surface area contributed by atoms with Crippen LogP contribution in [0.3, 0.4) is 0 Å². The summed E-state index contributed by atoms with van der Waals surface area (Å²) in [6, 6.07) is 1.92. The van der Waals surface area contributed by atoms with Gasteiger partial charge in [-0.3, -0.25) is 14.2 Å². The zero-order valence-electron chi connectivity index (χ0n) is 14.6. The Hall–Kier alpha value is -2.20. The van der Waals surface area contributed by atoms with Gasteiger partial charge in [0.1, 0.15) is 11.4 Å². The van der Waals surface area contributed by atoms with Crippen molar-refractivity contribution in [3.63, 3.8) is 0 Å². The Kier molecular flexibility index (Phi) is 4.65. The van der Waals surface area contributed by atoms with E-state index in [2.05, 4.69) is 10.2 Å². The van der Waals surface area contributed by atoms with Crippen LogP contribution in [0.4, 0.5) is 0 Å². The van der Waals surface area contributed by atoms with Gasteiger partial charge in [0.05, 0.1) is 11.9 Å². The Balaban J connectivity index is 1.61. The smallest absolute Gasteiger partial charge is 0.246 e. The maximum atomic E-state index is 12.6. The van der Waals surface area contributed by atoms with E-state index < -0.39 is 10.0 Å². The fourth-order valence-electron chi connectivity index (χ4n) is 2.92. The first-order chi connectivity index (χ1) is 11.8. The first-order valence-electron chi connectivity index (χ1n) is 8.05. The summed E-state index contributed by atoms with van der Waals surface area (Å²) in [6.07, 6.45) is 2.82. The minimum atomic E-state index is -3.56. The van der Waals surface area contributed by atoms with Gasteiger partial charge in [-0.2, -0.15) is 14.5 Å². The fraction of sp³-hybridized carbons (Fsp3) is 0.533. The number of carbonyl (C=O) groups excluding carboxylic acids is 1. The number of hydrogen-bond acceptors (Lipinski definition) is 5. The predicted molar refractivity (Wildman–Crippen MR) is 90.2 cm³/mol. The van der Waals surface area contributed by atoms with Gasteiger partial charge in [-0.1, -0.05) is 0 Å². The van der Waals surface area contributed by atoms with Gasteiger partial charge in [0.15, 0.2) is 0 Å². The molecule has 3 heterocycles. The van der Waals surface area contributed by atoms with Crippen LogP contribution in [0.5, 0.6) is 0 Å². The van der Waals surface area contributed by atoms with E-state index >= 15 is 0 Å². The van der Waals surface area contributed by atoms with Crippen LogP contribution >= 0.6 is 0 Å². The van der Waals surface area contributed by atoms with Crippen LogP contribution in [0.25, 0.3) is 0 Å². The van der Waals surface area contributed by atoms with Crippen LogP contribution in [0.1, 0.15) is 11.4 Å². The molecule has 0 saturated carbocycles. The Morgan fingerprint density at radius 3 is 2.40 bits per heavy atom. The second kappa shape index (κ2) is 6.60. The lowest BCUT2D eigenvalue weighted by molar-refractivity contribution is -0.133. The first kappa shape index (κ1) is 17.6. The van der Waals surface area contributed by atoms with E-state index in [1.807, 2.05) is 19.9 Å². The molecule has 2 aromatic heterocycles. The number of carbonyl (C=O) groups is 1. The SMILES string of the molecule is Cc1cc(C)n(CC(=O)N2CCN(S(=O)(=O)c3cnn(C)c3)CC2)n1. The van der Waals surface area contributed by atoms with E-state index in [9.17, 15) is 13.2 Å². The average molecular weight is 366 g/mol. The molecule has 10 heteroatoms.